The fraction of sp³-hybridized carbons (Fsp3) is 0.688. The van der Waals surface area contributed by atoms with Gasteiger partial charge in [0.05, 0.1) is 12.5 Å². The fourth-order valence-electron chi connectivity index (χ4n) is 2.32. The predicted molar refractivity (Wildman–Crippen MR) is 92.7 cm³/mol. The number of allylic oxidation sites excluding steroid dienone is 1. The van der Waals surface area contributed by atoms with Gasteiger partial charge in [-0.25, -0.2) is 14.6 Å². The highest BCUT2D eigenvalue weighted by Crippen LogP contribution is 2.53. The van der Waals surface area contributed by atoms with E-state index < -0.39 is 38.5 Å². The zero-order valence-electron chi connectivity index (χ0n) is 14.7. The van der Waals surface area contributed by atoms with E-state index in [1.165, 1.54) is 5.82 Å². The number of carbonyl (C=O) groups excluding carboxylic acids is 3. The second-order valence-electron chi connectivity index (χ2n) is 6.35. The number of carbonyl (C=O) groups is 3. The first-order chi connectivity index (χ1) is 11.7. The summed E-state index contributed by atoms with van der Waals surface area (Å²) in [5, 5.41) is 2.18. The highest BCUT2D eigenvalue weighted by atomic mass is 31.2. The lowest BCUT2D eigenvalue weighted by atomic mass is 9.96. The van der Waals surface area contributed by atoms with Gasteiger partial charge in [0, 0.05) is 0 Å². The molecule has 0 aromatic heterocycles. The smallest absolute Gasteiger partial charge is 0.410 e. The Bertz CT molecular complexity index is 509. The summed E-state index contributed by atoms with van der Waals surface area (Å²) >= 11 is 0. The standard InChI is InChI=1S/C16H26NO7P/c1-12(2)15(19)23-11-24-16(20)17-8-14(18)10-25(21,22)9-13-6-4-3-5-7-13/h9,12,21-22H,3-8,10-11H2,1-2H3/p+1. The fourth-order valence-corrected chi connectivity index (χ4v) is 3.88. The number of ketones is 1. The molecule has 1 rings (SSSR count). The summed E-state index contributed by atoms with van der Waals surface area (Å²) in [6.45, 7) is 2.36. The van der Waals surface area contributed by atoms with Gasteiger partial charge in [-0.05, 0) is 31.3 Å². The number of hydrogen-bond acceptors (Lipinski definition) is 7. The summed E-state index contributed by atoms with van der Waals surface area (Å²) < 4.78 is 9.25. The first-order valence-electron chi connectivity index (χ1n) is 8.32. The Morgan fingerprint density at radius 2 is 1.80 bits per heavy atom. The number of rotatable bonds is 8. The monoisotopic (exact) mass is 376 g/mol. The molecule has 1 amide bonds. The van der Waals surface area contributed by atoms with Crippen LogP contribution in [0.1, 0.15) is 46.0 Å². The van der Waals surface area contributed by atoms with E-state index in [-0.39, 0.29) is 12.5 Å². The second kappa shape index (κ2) is 10.5. The molecule has 1 aliphatic rings. The lowest BCUT2D eigenvalue weighted by molar-refractivity contribution is -0.155. The van der Waals surface area contributed by atoms with Crippen molar-refractivity contribution < 1.29 is 33.6 Å². The third-order valence-electron chi connectivity index (χ3n) is 3.59. The molecule has 9 heteroatoms. The van der Waals surface area contributed by atoms with Crippen molar-refractivity contribution in [2.24, 2.45) is 5.92 Å². The molecule has 25 heavy (non-hydrogen) atoms. The van der Waals surface area contributed by atoms with Crippen LogP contribution in [0.2, 0.25) is 0 Å². The molecule has 0 bridgehead atoms. The summed E-state index contributed by atoms with van der Waals surface area (Å²) in [6.07, 6.45) is 3.50. The van der Waals surface area contributed by atoms with Crippen molar-refractivity contribution in [2.75, 3.05) is 19.5 Å². The summed E-state index contributed by atoms with van der Waals surface area (Å²) in [5.41, 5.74) is 0.983. The van der Waals surface area contributed by atoms with Crippen molar-refractivity contribution in [1.82, 2.24) is 5.32 Å². The number of nitrogens with one attached hydrogen (secondary N) is 1. The van der Waals surface area contributed by atoms with Gasteiger partial charge in [0.1, 0.15) is 5.82 Å². The largest absolute Gasteiger partial charge is 0.428 e. The van der Waals surface area contributed by atoms with E-state index in [0.29, 0.717) is 0 Å². The zero-order chi connectivity index (χ0) is 18.9. The highest BCUT2D eigenvalue weighted by Gasteiger charge is 2.34. The van der Waals surface area contributed by atoms with Crippen LogP contribution in [0.5, 0.6) is 0 Å². The van der Waals surface area contributed by atoms with Crippen LogP contribution in [-0.2, 0) is 19.1 Å². The Morgan fingerprint density at radius 1 is 1.16 bits per heavy atom. The maximum atomic E-state index is 11.8. The van der Waals surface area contributed by atoms with Crippen molar-refractivity contribution in [3.05, 3.63) is 11.4 Å². The molecule has 8 nitrogen and oxygen atoms in total. The Kier molecular flexibility index (Phi) is 9.03. The summed E-state index contributed by atoms with van der Waals surface area (Å²) in [4.78, 5) is 54.4. The predicted octanol–water partition coefficient (Wildman–Crippen LogP) is 2.12. The lowest BCUT2D eigenvalue weighted by Crippen LogP contribution is -2.32. The van der Waals surface area contributed by atoms with E-state index in [1.807, 2.05) is 0 Å². The number of esters is 1. The van der Waals surface area contributed by atoms with Crippen molar-refractivity contribution in [1.29, 1.82) is 0 Å². The SMILES string of the molecule is CC(C)C(=O)OCOC(=O)NCC(=O)C[P+](O)(O)C=C1CCCCC1. The number of amides is 1. The number of ether oxygens (including phenoxy) is 2. The molecule has 0 heterocycles. The van der Waals surface area contributed by atoms with Gasteiger partial charge in [0.15, 0.2) is 11.9 Å². The van der Waals surface area contributed by atoms with Gasteiger partial charge in [0.25, 0.3) is 7.72 Å². The maximum Gasteiger partial charge on any atom is 0.410 e. The minimum Gasteiger partial charge on any atom is -0.428 e. The molecule has 142 valence electrons. The van der Waals surface area contributed by atoms with E-state index in [2.05, 4.69) is 14.8 Å². The Balaban J connectivity index is 2.28. The molecule has 0 spiro atoms. The van der Waals surface area contributed by atoms with Gasteiger partial charge in [-0.15, -0.1) is 0 Å². The average Bonchev–Trinajstić information content (AvgIpc) is 2.52. The van der Waals surface area contributed by atoms with Gasteiger partial charge in [-0.1, -0.05) is 20.3 Å². The molecule has 0 atom stereocenters. The summed E-state index contributed by atoms with van der Waals surface area (Å²) in [6, 6.07) is 0. The van der Waals surface area contributed by atoms with Gasteiger partial charge >= 0.3 is 12.1 Å². The molecule has 0 aliphatic heterocycles. The van der Waals surface area contributed by atoms with Crippen LogP contribution in [0.15, 0.2) is 11.4 Å². The number of Topliss-reactive ketones (excluding diaryl/α,β-unsaturated/α-hetero) is 1. The molecule has 0 aromatic rings. The topological polar surface area (TPSA) is 122 Å². The first kappa shape index (κ1) is 21.5. The highest BCUT2D eigenvalue weighted by molar-refractivity contribution is 7.68. The number of alkyl carbamates (subject to hydrolysis) is 1. The van der Waals surface area contributed by atoms with Crippen molar-refractivity contribution >= 4 is 25.6 Å². The summed E-state index contributed by atoms with van der Waals surface area (Å²) in [5.74, 6) is 0.0860. The minimum atomic E-state index is -3.45. The molecular weight excluding hydrogens is 349 g/mol. The molecule has 0 aromatic carbocycles. The van der Waals surface area contributed by atoms with Crippen LogP contribution >= 0.6 is 7.72 Å². The van der Waals surface area contributed by atoms with Crippen LogP contribution in [0.25, 0.3) is 0 Å². The molecular formula is C16H27NO7P+. The Labute approximate surface area is 148 Å². The lowest BCUT2D eigenvalue weighted by Gasteiger charge is -2.15. The molecule has 1 aliphatic carbocycles. The van der Waals surface area contributed by atoms with Gasteiger partial charge in [-0.2, -0.15) is 0 Å². The third kappa shape index (κ3) is 9.53. The molecule has 1 saturated carbocycles. The van der Waals surface area contributed by atoms with Crippen LogP contribution in [0, 0.1) is 5.92 Å². The zero-order valence-corrected chi connectivity index (χ0v) is 15.6. The molecule has 1 fully saturated rings. The maximum absolute atomic E-state index is 11.8. The molecule has 3 N–H and O–H groups in total. The Hall–Kier alpha value is -1.50. The van der Waals surface area contributed by atoms with E-state index in [9.17, 15) is 24.2 Å². The van der Waals surface area contributed by atoms with E-state index in [0.717, 1.165) is 37.7 Å². The van der Waals surface area contributed by atoms with Crippen LogP contribution < -0.4 is 5.32 Å². The Morgan fingerprint density at radius 3 is 2.40 bits per heavy atom. The van der Waals surface area contributed by atoms with Gasteiger partial charge in [0.2, 0.25) is 6.79 Å². The van der Waals surface area contributed by atoms with Crippen molar-refractivity contribution in [3.63, 3.8) is 0 Å². The van der Waals surface area contributed by atoms with Crippen LogP contribution in [0.3, 0.4) is 0 Å². The first-order valence-corrected chi connectivity index (χ1v) is 10.3. The van der Waals surface area contributed by atoms with E-state index >= 15 is 0 Å². The van der Waals surface area contributed by atoms with Gasteiger partial charge < -0.3 is 14.8 Å². The van der Waals surface area contributed by atoms with Crippen molar-refractivity contribution in [2.45, 2.75) is 46.0 Å². The minimum absolute atomic E-state index is 0.335. The molecule has 0 radical (unpaired) electrons. The molecule has 0 unspecified atom stereocenters. The third-order valence-corrected chi connectivity index (χ3v) is 5.18. The summed E-state index contributed by atoms with van der Waals surface area (Å²) in [7, 11) is -3.45. The second-order valence-corrected chi connectivity index (χ2v) is 8.50. The van der Waals surface area contributed by atoms with E-state index in [4.69, 9.17) is 0 Å². The average molecular weight is 376 g/mol. The normalized spacial score (nSPS) is 14.8. The van der Waals surface area contributed by atoms with Crippen LogP contribution in [0.4, 0.5) is 4.79 Å². The quantitative estimate of drug-likeness (QED) is 0.337. The number of hydrogen-bond donors (Lipinski definition) is 3. The van der Waals surface area contributed by atoms with Crippen molar-refractivity contribution in [3.8, 4) is 0 Å². The van der Waals surface area contributed by atoms with Gasteiger partial charge in [-0.3, -0.25) is 9.59 Å². The van der Waals surface area contributed by atoms with E-state index in [1.54, 1.807) is 13.8 Å². The molecule has 0 saturated heterocycles. The van der Waals surface area contributed by atoms with Crippen LogP contribution in [-0.4, -0.2) is 47.1 Å².